The number of benzene rings is 1. The Labute approximate surface area is 150 Å². The number of thioether (sulfide) groups is 1. The van der Waals surface area contributed by atoms with Crippen LogP contribution in [-0.4, -0.2) is 41.6 Å². The predicted molar refractivity (Wildman–Crippen MR) is 95.6 cm³/mol. The Bertz CT molecular complexity index is 963. The lowest BCUT2D eigenvalue weighted by molar-refractivity contribution is 0.520. The van der Waals surface area contributed by atoms with E-state index in [0.29, 0.717) is 17.3 Å². The minimum absolute atomic E-state index is 0.282. The number of nitrogens with zero attached hydrogens (tertiary/aromatic N) is 4. The molecule has 9 heteroatoms. The number of furan rings is 1. The normalized spacial score (nSPS) is 12.0. The van der Waals surface area contributed by atoms with E-state index >= 15 is 0 Å². The van der Waals surface area contributed by atoms with Crippen LogP contribution in [0.1, 0.15) is 5.56 Å². The molecule has 3 aromatic rings. The molecule has 0 N–H and O–H groups in total. The van der Waals surface area contributed by atoms with Crippen molar-refractivity contribution in [1.82, 2.24) is 19.1 Å². The van der Waals surface area contributed by atoms with Gasteiger partial charge in [0, 0.05) is 26.9 Å². The van der Waals surface area contributed by atoms with Crippen LogP contribution in [0.4, 0.5) is 0 Å². The van der Waals surface area contributed by atoms with E-state index < -0.39 is 10.0 Å². The Morgan fingerprint density at radius 2 is 2.00 bits per heavy atom. The van der Waals surface area contributed by atoms with Crippen LogP contribution in [0.2, 0.25) is 0 Å². The van der Waals surface area contributed by atoms with Crippen molar-refractivity contribution in [2.75, 3.05) is 14.1 Å². The first-order valence-electron chi connectivity index (χ1n) is 7.47. The third-order valence-corrected chi connectivity index (χ3v) is 6.52. The van der Waals surface area contributed by atoms with Crippen LogP contribution < -0.4 is 0 Å². The van der Waals surface area contributed by atoms with E-state index in [1.54, 1.807) is 30.5 Å². The highest BCUT2D eigenvalue weighted by molar-refractivity contribution is 7.98. The van der Waals surface area contributed by atoms with Crippen molar-refractivity contribution in [3.63, 3.8) is 0 Å². The first-order chi connectivity index (χ1) is 11.9. The molecule has 132 valence electrons. The standard InChI is InChI=1S/C16H18N4O3S2/c1-19(2)25(21,22)13-7-4-6-12(10-13)11-24-16-18-17-15(20(16)3)14-8-5-9-23-14/h4-10H,11H2,1-3H3. The summed E-state index contributed by atoms with van der Waals surface area (Å²) in [4.78, 5) is 0.282. The fourth-order valence-corrected chi connectivity index (χ4v) is 4.04. The first kappa shape index (κ1) is 17.7. The summed E-state index contributed by atoms with van der Waals surface area (Å²) in [5.74, 6) is 1.89. The van der Waals surface area contributed by atoms with Crippen LogP contribution in [0, 0.1) is 0 Å². The van der Waals surface area contributed by atoms with Crippen LogP contribution in [-0.2, 0) is 22.8 Å². The van der Waals surface area contributed by atoms with Crippen molar-refractivity contribution < 1.29 is 12.8 Å². The highest BCUT2D eigenvalue weighted by Crippen LogP contribution is 2.26. The van der Waals surface area contributed by atoms with E-state index in [0.717, 1.165) is 10.7 Å². The van der Waals surface area contributed by atoms with Crippen molar-refractivity contribution in [1.29, 1.82) is 0 Å². The van der Waals surface area contributed by atoms with Crippen molar-refractivity contribution in [2.45, 2.75) is 15.8 Å². The second-order valence-electron chi connectivity index (χ2n) is 5.57. The third kappa shape index (κ3) is 3.63. The minimum atomic E-state index is -3.44. The Kier molecular flexibility index (Phi) is 4.98. The van der Waals surface area contributed by atoms with Gasteiger partial charge in [0.15, 0.2) is 16.7 Å². The van der Waals surface area contributed by atoms with Crippen LogP contribution in [0.25, 0.3) is 11.6 Å². The molecule has 2 heterocycles. The van der Waals surface area contributed by atoms with E-state index in [2.05, 4.69) is 10.2 Å². The topological polar surface area (TPSA) is 81.2 Å². The first-order valence-corrected chi connectivity index (χ1v) is 9.89. The molecule has 0 aliphatic carbocycles. The largest absolute Gasteiger partial charge is 0.461 e. The summed E-state index contributed by atoms with van der Waals surface area (Å²) in [6.07, 6.45) is 1.59. The van der Waals surface area contributed by atoms with Crippen molar-refractivity contribution in [2.24, 2.45) is 7.05 Å². The van der Waals surface area contributed by atoms with Crippen LogP contribution in [0.15, 0.2) is 57.1 Å². The maximum absolute atomic E-state index is 12.2. The minimum Gasteiger partial charge on any atom is -0.461 e. The van der Waals surface area contributed by atoms with Gasteiger partial charge in [0.1, 0.15) is 0 Å². The quantitative estimate of drug-likeness (QED) is 0.613. The monoisotopic (exact) mass is 378 g/mol. The van der Waals surface area contributed by atoms with Gasteiger partial charge in [0.25, 0.3) is 0 Å². The van der Waals surface area contributed by atoms with Crippen LogP contribution >= 0.6 is 11.8 Å². The summed E-state index contributed by atoms with van der Waals surface area (Å²) in [6, 6.07) is 10.6. The Morgan fingerprint density at radius 3 is 2.68 bits per heavy atom. The average molecular weight is 378 g/mol. The summed E-state index contributed by atoms with van der Waals surface area (Å²) in [7, 11) is 1.47. The maximum Gasteiger partial charge on any atom is 0.242 e. The molecule has 0 amide bonds. The molecule has 3 rings (SSSR count). The Balaban J connectivity index is 1.77. The van der Waals surface area contributed by atoms with Crippen LogP contribution in [0.5, 0.6) is 0 Å². The summed E-state index contributed by atoms with van der Waals surface area (Å²) >= 11 is 1.49. The van der Waals surface area contributed by atoms with Crippen molar-refractivity contribution in [3.8, 4) is 11.6 Å². The number of rotatable bonds is 6. The van der Waals surface area contributed by atoms with Crippen molar-refractivity contribution in [3.05, 3.63) is 48.2 Å². The highest BCUT2D eigenvalue weighted by atomic mass is 32.2. The van der Waals surface area contributed by atoms with Gasteiger partial charge in [-0.15, -0.1) is 10.2 Å². The molecule has 0 fully saturated rings. The number of hydrogen-bond acceptors (Lipinski definition) is 6. The van der Waals surface area contributed by atoms with Gasteiger partial charge in [-0.05, 0) is 29.8 Å². The molecular formula is C16H18N4O3S2. The highest BCUT2D eigenvalue weighted by Gasteiger charge is 2.18. The number of sulfonamides is 1. The molecule has 0 unspecified atom stereocenters. The molecule has 25 heavy (non-hydrogen) atoms. The molecule has 2 aromatic heterocycles. The Hall–Kier alpha value is -2.10. The number of aromatic nitrogens is 3. The van der Waals surface area contributed by atoms with Gasteiger partial charge in [0.2, 0.25) is 10.0 Å². The average Bonchev–Trinajstić information content (AvgIpc) is 3.23. The lowest BCUT2D eigenvalue weighted by Crippen LogP contribution is -2.22. The van der Waals surface area contributed by atoms with Gasteiger partial charge in [-0.1, -0.05) is 23.9 Å². The molecule has 0 bridgehead atoms. The van der Waals surface area contributed by atoms with Gasteiger partial charge < -0.3 is 8.98 Å². The van der Waals surface area contributed by atoms with E-state index in [9.17, 15) is 8.42 Å². The molecule has 0 saturated heterocycles. The van der Waals surface area contributed by atoms with Gasteiger partial charge in [-0.3, -0.25) is 0 Å². The molecule has 0 radical (unpaired) electrons. The van der Waals surface area contributed by atoms with Gasteiger partial charge in [-0.25, -0.2) is 12.7 Å². The van der Waals surface area contributed by atoms with E-state index in [4.69, 9.17) is 4.42 Å². The second kappa shape index (κ2) is 7.03. The Morgan fingerprint density at radius 1 is 1.20 bits per heavy atom. The van der Waals surface area contributed by atoms with E-state index in [1.165, 1.54) is 30.2 Å². The van der Waals surface area contributed by atoms with Gasteiger partial charge in [-0.2, -0.15) is 0 Å². The van der Waals surface area contributed by atoms with Gasteiger partial charge >= 0.3 is 0 Å². The molecule has 1 aromatic carbocycles. The fourth-order valence-electron chi connectivity index (χ4n) is 2.22. The smallest absolute Gasteiger partial charge is 0.242 e. The summed E-state index contributed by atoms with van der Waals surface area (Å²) in [5.41, 5.74) is 0.899. The van der Waals surface area contributed by atoms with Gasteiger partial charge in [0.05, 0.1) is 11.2 Å². The maximum atomic E-state index is 12.2. The summed E-state index contributed by atoms with van der Waals surface area (Å²) in [5, 5.41) is 9.05. The zero-order chi connectivity index (χ0) is 18.0. The molecule has 0 saturated carbocycles. The van der Waals surface area contributed by atoms with Crippen molar-refractivity contribution >= 4 is 21.8 Å². The zero-order valence-electron chi connectivity index (χ0n) is 14.1. The third-order valence-electron chi connectivity index (χ3n) is 3.62. The summed E-state index contributed by atoms with van der Waals surface area (Å²) in [6.45, 7) is 0. The lowest BCUT2D eigenvalue weighted by atomic mass is 10.2. The van der Waals surface area contributed by atoms with E-state index in [-0.39, 0.29) is 4.90 Å². The predicted octanol–water partition coefficient (Wildman–Crippen LogP) is 2.62. The molecule has 0 aliphatic rings. The van der Waals surface area contributed by atoms with E-state index in [1.807, 2.05) is 23.7 Å². The summed E-state index contributed by atoms with van der Waals surface area (Å²) < 4.78 is 32.9. The second-order valence-corrected chi connectivity index (χ2v) is 8.66. The SMILES string of the molecule is CN(C)S(=O)(=O)c1cccc(CSc2nnc(-c3ccco3)n2C)c1. The zero-order valence-corrected chi connectivity index (χ0v) is 15.7. The van der Waals surface area contributed by atoms with Crippen LogP contribution in [0.3, 0.4) is 0 Å². The molecule has 0 atom stereocenters. The lowest BCUT2D eigenvalue weighted by Gasteiger charge is -2.12. The molecule has 7 nitrogen and oxygen atoms in total. The molecular weight excluding hydrogens is 360 g/mol. The molecule has 0 aliphatic heterocycles. The number of hydrogen-bond donors (Lipinski definition) is 0. The fraction of sp³-hybridized carbons (Fsp3) is 0.250. The molecule has 0 spiro atoms.